The maximum atomic E-state index is 13.0. The lowest BCUT2D eigenvalue weighted by Gasteiger charge is -2.08. The summed E-state index contributed by atoms with van der Waals surface area (Å²) < 4.78 is 26.0. The van der Waals surface area contributed by atoms with Crippen LogP contribution in [-0.2, 0) is 22.4 Å². The number of hydrogen-bond donors (Lipinski definition) is 2. The van der Waals surface area contributed by atoms with Crippen LogP contribution in [0.15, 0.2) is 12.1 Å². The molecule has 0 radical (unpaired) electrons. The highest BCUT2D eigenvalue weighted by Gasteiger charge is 2.28. The summed E-state index contributed by atoms with van der Waals surface area (Å²) >= 11 is 0. The van der Waals surface area contributed by atoms with Gasteiger partial charge in [0, 0.05) is 5.92 Å². The Hall–Kier alpha value is -1.98. The van der Waals surface area contributed by atoms with Crippen LogP contribution in [0.25, 0.3) is 0 Å². The first kappa shape index (κ1) is 12.5. The lowest BCUT2D eigenvalue weighted by molar-refractivity contribution is -0.138. The molecule has 0 saturated carbocycles. The van der Waals surface area contributed by atoms with Gasteiger partial charge in [0.05, 0.1) is 0 Å². The Kier molecular flexibility index (Phi) is 3.27. The molecule has 2 N–H and O–H groups in total. The van der Waals surface area contributed by atoms with Gasteiger partial charge < -0.3 is 10.4 Å². The minimum Gasteiger partial charge on any atom is -0.480 e. The van der Waals surface area contributed by atoms with Gasteiger partial charge in [-0.1, -0.05) is 0 Å². The molecule has 4 nitrogen and oxygen atoms in total. The number of benzene rings is 1. The Morgan fingerprint density at radius 3 is 2.17 bits per heavy atom. The van der Waals surface area contributed by atoms with Gasteiger partial charge in [-0.25, -0.2) is 8.78 Å². The van der Waals surface area contributed by atoms with Gasteiger partial charge in [-0.3, -0.25) is 9.59 Å². The highest BCUT2D eigenvalue weighted by Crippen LogP contribution is 2.28. The van der Waals surface area contributed by atoms with Gasteiger partial charge in [0.25, 0.3) is 0 Å². The van der Waals surface area contributed by atoms with Crippen LogP contribution in [0.4, 0.5) is 8.78 Å². The van der Waals surface area contributed by atoms with Gasteiger partial charge in [0.2, 0.25) is 5.91 Å². The zero-order valence-corrected chi connectivity index (χ0v) is 9.37. The van der Waals surface area contributed by atoms with E-state index >= 15 is 0 Å². The summed E-state index contributed by atoms with van der Waals surface area (Å²) in [5.41, 5.74) is 1.20. The third kappa shape index (κ3) is 2.47. The van der Waals surface area contributed by atoms with Crippen LogP contribution < -0.4 is 5.32 Å². The van der Waals surface area contributed by atoms with E-state index < -0.39 is 36.0 Å². The first-order chi connectivity index (χ1) is 8.47. The van der Waals surface area contributed by atoms with Crippen molar-refractivity contribution in [1.82, 2.24) is 5.32 Å². The summed E-state index contributed by atoms with van der Waals surface area (Å²) in [5, 5.41) is 10.7. The zero-order chi connectivity index (χ0) is 13.3. The molecule has 1 aliphatic carbocycles. The van der Waals surface area contributed by atoms with Gasteiger partial charge in [0.15, 0.2) is 11.6 Å². The van der Waals surface area contributed by atoms with E-state index in [0.29, 0.717) is 24.0 Å². The summed E-state index contributed by atoms with van der Waals surface area (Å²) in [7, 11) is 0. The SMILES string of the molecule is O=C(O)CNC(=O)C1Cc2cc(F)c(F)cc2C1. The molecule has 1 aliphatic rings. The van der Waals surface area contributed by atoms with Crippen LogP contribution in [0, 0.1) is 17.6 Å². The number of halogens is 2. The van der Waals surface area contributed by atoms with Gasteiger partial charge in [-0.15, -0.1) is 0 Å². The molecule has 1 aromatic rings. The summed E-state index contributed by atoms with van der Waals surface area (Å²) in [5.74, 6) is -3.85. The molecule has 0 spiro atoms. The molecule has 18 heavy (non-hydrogen) atoms. The Morgan fingerprint density at radius 1 is 1.22 bits per heavy atom. The molecule has 0 unspecified atom stereocenters. The van der Waals surface area contributed by atoms with Crippen molar-refractivity contribution in [3.05, 3.63) is 34.9 Å². The van der Waals surface area contributed by atoms with E-state index in [-0.39, 0.29) is 0 Å². The molecule has 1 aromatic carbocycles. The molecular weight excluding hydrogens is 244 g/mol. The summed E-state index contributed by atoms with van der Waals surface area (Å²) in [6, 6.07) is 2.18. The minimum absolute atomic E-state index is 0.304. The van der Waals surface area contributed by atoms with Crippen molar-refractivity contribution in [3.8, 4) is 0 Å². The van der Waals surface area contributed by atoms with Crippen molar-refractivity contribution >= 4 is 11.9 Å². The number of hydrogen-bond acceptors (Lipinski definition) is 2. The van der Waals surface area contributed by atoms with E-state index in [9.17, 15) is 18.4 Å². The maximum absolute atomic E-state index is 13.0. The lowest BCUT2D eigenvalue weighted by Crippen LogP contribution is -2.34. The van der Waals surface area contributed by atoms with Crippen molar-refractivity contribution in [2.24, 2.45) is 5.92 Å². The molecule has 6 heteroatoms. The van der Waals surface area contributed by atoms with Crippen molar-refractivity contribution < 1.29 is 23.5 Å². The first-order valence-electron chi connectivity index (χ1n) is 5.43. The third-order valence-electron chi connectivity index (χ3n) is 2.96. The number of carbonyl (C=O) groups is 2. The highest BCUT2D eigenvalue weighted by atomic mass is 19.2. The Morgan fingerprint density at radius 2 is 1.72 bits per heavy atom. The molecule has 0 bridgehead atoms. The van der Waals surface area contributed by atoms with Crippen molar-refractivity contribution in [3.63, 3.8) is 0 Å². The van der Waals surface area contributed by atoms with Crippen LogP contribution >= 0.6 is 0 Å². The molecule has 96 valence electrons. The van der Waals surface area contributed by atoms with Crippen LogP contribution in [0.3, 0.4) is 0 Å². The second kappa shape index (κ2) is 4.72. The van der Waals surface area contributed by atoms with Gasteiger partial charge in [-0.2, -0.15) is 0 Å². The second-order valence-electron chi connectivity index (χ2n) is 4.25. The number of carboxylic acid groups (broad SMARTS) is 1. The minimum atomic E-state index is -1.13. The van der Waals surface area contributed by atoms with E-state index in [1.54, 1.807) is 0 Å². The fourth-order valence-electron chi connectivity index (χ4n) is 2.10. The fraction of sp³-hybridized carbons (Fsp3) is 0.333. The molecular formula is C12H11F2NO3. The topological polar surface area (TPSA) is 66.4 Å². The number of carbonyl (C=O) groups excluding carboxylic acids is 1. The Bertz CT molecular complexity index is 485. The smallest absolute Gasteiger partial charge is 0.322 e. The maximum Gasteiger partial charge on any atom is 0.322 e. The van der Waals surface area contributed by atoms with Gasteiger partial charge >= 0.3 is 5.97 Å². The highest BCUT2D eigenvalue weighted by molar-refractivity contribution is 5.84. The molecule has 0 atom stereocenters. The van der Waals surface area contributed by atoms with Crippen LogP contribution in [0.1, 0.15) is 11.1 Å². The number of rotatable bonds is 3. The molecule has 2 rings (SSSR count). The number of nitrogens with one attached hydrogen (secondary N) is 1. The average Bonchev–Trinajstić information content (AvgIpc) is 2.69. The summed E-state index contributed by atoms with van der Waals surface area (Å²) in [4.78, 5) is 21.9. The van der Waals surface area contributed by atoms with E-state index in [0.717, 1.165) is 12.1 Å². The quantitative estimate of drug-likeness (QED) is 0.842. The Balaban J connectivity index is 2.05. The van der Waals surface area contributed by atoms with Gasteiger partial charge in [0.1, 0.15) is 6.54 Å². The molecule has 0 aliphatic heterocycles. The van der Waals surface area contributed by atoms with Gasteiger partial charge in [-0.05, 0) is 36.1 Å². The molecule has 0 aromatic heterocycles. The number of amides is 1. The summed E-state index contributed by atoms with van der Waals surface area (Å²) in [6.45, 7) is -0.450. The molecule has 0 saturated heterocycles. The standard InChI is InChI=1S/C12H11F2NO3/c13-9-3-6-1-8(2-7(6)4-10(9)14)12(18)15-5-11(16)17/h3-4,8H,1-2,5H2,(H,15,18)(H,16,17). The van der Waals surface area contributed by atoms with E-state index in [1.165, 1.54) is 0 Å². The second-order valence-corrected chi connectivity index (χ2v) is 4.25. The number of aliphatic carboxylic acids is 1. The van der Waals surface area contributed by atoms with E-state index in [1.807, 2.05) is 0 Å². The van der Waals surface area contributed by atoms with Crippen molar-refractivity contribution in [2.75, 3.05) is 6.54 Å². The fourth-order valence-corrected chi connectivity index (χ4v) is 2.10. The zero-order valence-electron chi connectivity index (χ0n) is 9.37. The van der Waals surface area contributed by atoms with E-state index in [4.69, 9.17) is 5.11 Å². The molecule has 0 fully saturated rings. The Labute approximate surface area is 102 Å². The van der Waals surface area contributed by atoms with Crippen molar-refractivity contribution in [1.29, 1.82) is 0 Å². The monoisotopic (exact) mass is 255 g/mol. The third-order valence-corrected chi connectivity index (χ3v) is 2.96. The van der Waals surface area contributed by atoms with Crippen LogP contribution in [0.2, 0.25) is 0 Å². The number of fused-ring (bicyclic) bond motifs is 1. The summed E-state index contributed by atoms with van der Waals surface area (Å²) in [6.07, 6.45) is 0.607. The average molecular weight is 255 g/mol. The lowest BCUT2D eigenvalue weighted by atomic mass is 10.1. The largest absolute Gasteiger partial charge is 0.480 e. The van der Waals surface area contributed by atoms with E-state index in [2.05, 4.69) is 5.32 Å². The number of carboxylic acids is 1. The first-order valence-corrected chi connectivity index (χ1v) is 5.43. The van der Waals surface area contributed by atoms with Crippen molar-refractivity contribution in [2.45, 2.75) is 12.8 Å². The predicted octanol–water partition coefficient (Wildman–Crippen LogP) is 0.880. The molecule has 0 heterocycles. The van der Waals surface area contributed by atoms with Crippen LogP contribution in [-0.4, -0.2) is 23.5 Å². The molecule has 1 amide bonds. The van der Waals surface area contributed by atoms with Crippen LogP contribution in [0.5, 0.6) is 0 Å². The predicted molar refractivity (Wildman–Crippen MR) is 57.9 cm³/mol. The normalized spacial score (nSPS) is 14.3.